The monoisotopic (exact) mass is 411 g/mol. The summed E-state index contributed by atoms with van der Waals surface area (Å²) in [6.45, 7) is 10.6. The van der Waals surface area contributed by atoms with E-state index >= 15 is 0 Å². The quantitative estimate of drug-likeness (QED) is 0.506. The largest absolute Gasteiger partial charge is 0.477 e. The summed E-state index contributed by atoms with van der Waals surface area (Å²) >= 11 is 1.46. The number of tetrazole rings is 1. The van der Waals surface area contributed by atoms with E-state index in [4.69, 9.17) is 4.43 Å². The molecule has 0 aliphatic carbocycles. The Morgan fingerprint density at radius 1 is 1.44 bits per heavy atom. The lowest BCUT2D eigenvalue weighted by molar-refractivity contribution is -0.160. The van der Waals surface area contributed by atoms with Crippen LogP contribution in [0.3, 0.4) is 0 Å². The van der Waals surface area contributed by atoms with Crippen molar-refractivity contribution in [2.45, 2.75) is 58.6 Å². The number of carboxylic acid groups (broad SMARTS) is 1. The standard InChI is InChI=1S/C16H25N5O4SSi/c1-9(25-27(3,4)5)13-11-8-12(14(16(23)24)21(11)15(13)22)26-7-6-20-10(2)17-18-19-20/h9,11,13H,6-8H2,1-5H3,(H,23,24)/t9-,11+,13-/m0/s1. The van der Waals surface area contributed by atoms with Crippen LogP contribution in [0.4, 0.5) is 0 Å². The maximum atomic E-state index is 12.7. The van der Waals surface area contributed by atoms with Gasteiger partial charge >= 0.3 is 5.97 Å². The topological polar surface area (TPSA) is 110 Å². The molecule has 1 N–H and O–H groups in total. The Hall–Kier alpha value is -1.72. The molecule has 0 saturated carbocycles. The third-order valence-corrected chi connectivity index (χ3v) is 6.88. The SMILES string of the molecule is Cc1nnnn1CCSC1=C(C(=O)O)N2C(=O)[C@@H]([C@H](C)O[Si](C)(C)C)[C@H]2C1. The van der Waals surface area contributed by atoms with E-state index in [0.29, 0.717) is 24.5 Å². The maximum absolute atomic E-state index is 12.7. The van der Waals surface area contributed by atoms with E-state index in [1.807, 2.05) is 13.8 Å². The highest BCUT2D eigenvalue weighted by Crippen LogP contribution is 2.47. The van der Waals surface area contributed by atoms with Gasteiger partial charge in [-0.05, 0) is 43.9 Å². The number of rotatable bonds is 8. The summed E-state index contributed by atoms with van der Waals surface area (Å²) in [4.78, 5) is 26.6. The van der Waals surface area contributed by atoms with Crippen LogP contribution in [0.5, 0.6) is 0 Å². The molecule has 0 bridgehead atoms. The summed E-state index contributed by atoms with van der Waals surface area (Å²) in [6.07, 6.45) is 0.366. The lowest BCUT2D eigenvalue weighted by atomic mass is 9.83. The van der Waals surface area contributed by atoms with Crippen LogP contribution in [-0.2, 0) is 20.6 Å². The first-order valence-electron chi connectivity index (χ1n) is 8.93. The third-order valence-electron chi connectivity index (χ3n) is 4.71. The molecule has 0 spiro atoms. The lowest BCUT2D eigenvalue weighted by Gasteiger charge is -2.46. The van der Waals surface area contributed by atoms with Gasteiger partial charge in [0.2, 0.25) is 5.91 Å². The number of fused-ring (bicyclic) bond motifs is 1. The van der Waals surface area contributed by atoms with E-state index < -0.39 is 14.3 Å². The van der Waals surface area contributed by atoms with E-state index in [9.17, 15) is 14.7 Å². The zero-order valence-electron chi connectivity index (χ0n) is 16.2. The van der Waals surface area contributed by atoms with Crippen LogP contribution in [0, 0.1) is 12.8 Å². The van der Waals surface area contributed by atoms with Crippen molar-refractivity contribution in [1.82, 2.24) is 25.1 Å². The smallest absolute Gasteiger partial charge is 0.353 e. The predicted octanol–water partition coefficient (Wildman–Crippen LogP) is 1.48. The third kappa shape index (κ3) is 3.94. The van der Waals surface area contributed by atoms with Crippen molar-refractivity contribution in [2.24, 2.45) is 5.92 Å². The fourth-order valence-corrected chi connectivity index (χ4v) is 6.07. The first kappa shape index (κ1) is 20.0. The molecule has 1 aromatic rings. The summed E-state index contributed by atoms with van der Waals surface area (Å²) in [5, 5.41) is 21.0. The number of aromatic nitrogens is 4. The zero-order valence-corrected chi connectivity index (χ0v) is 18.0. The summed E-state index contributed by atoms with van der Waals surface area (Å²) in [5.41, 5.74) is 0.125. The first-order chi connectivity index (χ1) is 12.6. The van der Waals surface area contributed by atoms with Gasteiger partial charge in [-0.25, -0.2) is 9.48 Å². The summed E-state index contributed by atoms with van der Waals surface area (Å²) in [5.74, 6) is -0.116. The van der Waals surface area contributed by atoms with Crippen LogP contribution in [0.25, 0.3) is 0 Å². The molecule has 0 radical (unpaired) electrons. The highest BCUT2D eigenvalue weighted by molar-refractivity contribution is 8.03. The molecule has 1 aromatic heterocycles. The number of carboxylic acids is 1. The van der Waals surface area contributed by atoms with Crippen LogP contribution < -0.4 is 0 Å². The normalized spacial score (nSPS) is 23.4. The summed E-state index contributed by atoms with van der Waals surface area (Å²) in [6, 6.07) is -0.118. The highest BCUT2D eigenvalue weighted by atomic mass is 32.2. The van der Waals surface area contributed by atoms with Crippen molar-refractivity contribution < 1.29 is 19.1 Å². The molecule has 9 nitrogen and oxygen atoms in total. The van der Waals surface area contributed by atoms with Gasteiger partial charge in [-0.15, -0.1) is 16.9 Å². The molecule has 0 unspecified atom stereocenters. The molecule has 1 saturated heterocycles. The zero-order chi connectivity index (χ0) is 19.9. The van der Waals surface area contributed by atoms with Crippen LogP contribution in [0.15, 0.2) is 10.6 Å². The van der Waals surface area contributed by atoms with Crippen molar-refractivity contribution >= 4 is 32.0 Å². The Balaban J connectivity index is 1.68. The lowest BCUT2D eigenvalue weighted by Crippen LogP contribution is -2.63. The van der Waals surface area contributed by atoms with Gasteiger partial charge in [0.05, 0.1) is 24.6 Å². The van der Waals surface area contributed by atoms with Crippen molar-refractivity contribution in [3.05, 3.63) is 16.4 Å². The Morgan fingerprint density at radius 2 is 2.15 bits per heavy atom. The molecule has 27 heavy (non-hydrogen) atoms. The van der Waals surface area contributed by atoms with Crippen LogP contribution >= 0.6 is 11.8 Å². The second-order valence-electron chi connectivity index (χ2n) is 7.82. The average Bonchev–Trinajstić information content (AvgIpc) is 3.07. The molecule has 148 valence electrons. The number of thioether (sulfide) groups is 1. The highest BCUT2D eigenvalue weighted by Gasteiger charge is 2.57. The van der Waals surface area contributed by atoms with Crippen LogP contribution in [-0.4, -0.2) is 68.3 Å². The molecular formula is C16H25N5O4SSi. The van der Waals surface area contributed by atoms with E-state index in [-0.39, 0.29) is 29.7 Å². The van der Waals surface area contributed by atoms with Gasteiger partial charge in [-0.3, -0.25) is 4.79 Å². The van der Waals surface area contributed by atoms with Crippen molar-refractivity contribution in [2.75, 3.05) is 5.75 Å². The van der Waals surface area contributed by atoms with E-state index in [1.165, 1.54) is 16.7 Å². The molecule has 1 amide bonds. The van der Waals surface area contributed by atoms with Gasteiger partial charge in [0.15, 0.2) is 8.32 Å². The second kappa shape index (κ2) is 7.36. The van der Waals surface area contributed by atoms with Gasteiger partial charge in [0, 0.05) is 17.1 Å². The summed E-state index contributed by atoms with van der Waals surface area (Å²) < 4.78 is 7.76. The van der Waals surface area contributed by atoms with E-state index in [0.717, 1.165) is 4.91 Å². The Labute approximate surface area is 163 Å². The molecule has 2 aliphatic heterocycles. The second-order valence-corrected chi connectivity index (χ2v) is 13.5. The van der Waals surface area contributed by atoms with Gasteiger partial charge in [0.1, 0.15) is 11.5 Å². The molecule has 1 fully saturated rings. The summed E-state index contributed by atoms with van der Waals surface area (Å²) in [7, 11) is -1.78. The maximum Gasteiger partial charge on any atom is 0.353 e. The molecule has 2 aliphatic rings. The number of carbonyl (C=O) groups excluding carboxylic acids is 1. The molecule has 3 atom stereocenters. The Bertz CT molecular complexity index is 790. The number of hydrogen-bond acceptors (Lipinski definition) is 7. The van der Waals surface area contributed by atoms with Crippen molar-refractivity contribution in [1.29, 1.82) is 0 Å². The number of hydrogen-bond donors (Lipinski definition) is 1. The minimum atomic E-state index is -1.78. The molecule has 3 rings (SSSR count). The van der Waals surface area contributed by atoms with Crippen LogP contribution in [0.2, 0.25) is 19.6 Å². The average molecular weight is 412 g/mol. The first-order valence-corrected chi connectivity index (χ1v) is 13.3. The number of nitrogens with zero attached hydrogens (tertiary/aromatic N) is 5. The molecule has 3 heterocycles. The van der Waals surface area contributed by atoms with Gasteiger partial charge in [-0.1, -0.05) is 0 Å². The van der Waals surface area contributed by atoms with Crippen molar-refractivity contribution in [3.8, 4) is 0 Å². The Morgan fingerprint density at radius 3 is 2.70 bits per heavy atom. The minimum Gasteiger partial charge on any atom is -0.477 e. The van der Waals surface area contributed by atoms with Gasteiger partial charge in [-0.2, -0.15) is 0 Å². The number of aryl methyl sites for hydroxylation is 2. The fourth-order valence-electron chi connectivity index (χ4n) is 3.69. The van der Waals surface area contributed by atoms with Crippen LogP contribution in [0.1, 0.15) is 19.2 Å². The van der Waals surface area contributed by atoms with E-state index in [1.54, 1.807) is 4.68 Å². The molecular weight excluding hydrogens is 386 g/mol. The van der Waals surface area contributed by atoms with Crippen molar-refractivity contribution in [3.63, 3.8) is 0 Å². The number of β-lactam (4-membered cyclic amide) rings is 1. The number of amides is 1. The number of carbonyl (C=O) groups is 2. The number of aliphatic carboxylic acids is 1. The molecule has 11 heteroatoms. The van der Waals surface area contributed by atoms with Gasteiger partial charge < -0.3 is 14.4 Å². The fraction of sp³-hybridized carbons (Fsp3) is 0.688. The molecule has 0 aromatic carbocycles. The predicted molar refractivity (Wildman–Crippen MR) is 102 cm³/mol. The van der Waals surface area contributed by atoms with E-state index in [2.05, 4.69) is 35.2 Å². The Kier molecular flexibility index (Phi) is 5.46. The van der Waals surface area contributed by atoms with Gasteiger partial charge in [0.25, 0.3) is 0 Å². The minimum absolute atomic E-state index is 0.118.